The van der Waals surface area contributed by atoms with Crippen LogP contribution in [0.25, 0.3) is 32.9 Å². The van der Waals surface area contributed by atoms with Gasteiger partial charge in [-0.3, -0.25) is 9.88 Å². The summed E-state index contributed by atoms with van der Waals surface area (Å²) >= 11 is 0. The van der Waals surface area contributed by atoms with Gasteiger partial charge in [0.25, 0.3) is 0 Å². The summed E-state index contributed by atoms with van der Waals surface area (Å²) in [7, 11) is 0. The Morgan fingerprint density at radius 1 is 1.07 bits per heavy atom. The number of benzene rings is 2. The number of nitrogens with one attached hydrogen (secondary N) is 1. The lowest BCUT2D eigenvalue weighted by molar-refractivity contribution is 0.0629. The molecule has 61 heavy (non-hydrogen) atoms. The van der Waals surface area contributed by atoms with Crippen molar-refractivity contribution in [3.05, 3.63) is 47.7 Å². The number of alkyl carbamates (subject to hydrolysis) is 1. The number of piperidine rings is 2. The summed E-state index contributed by atoms with van der Waals surface area (Å²) in [5, 5.41) is 12.6. The van der Waals surface area contributed by atoms with Crippen molar-refractivity contribution < 1.29 is 45.8 Å². The number of nitriles is 1. The minimum Gasteiger partial charge on any atom is -0.461 e. The lowest BCUT2D eigenvalue weighted by Crippen LogP contribution is -2.60. The number of ether oxygens (including phenoxy) is 3. The Kier molecular flexibility index (Phi) is 10.5. The van der Waals surface area contributed by atoms with Crippen molar-refractivity contribution in [3.63, 3.8) is 0 Å². The highest BCUT2D eigenvalue weighted by Crippen LogP contribution is 2.43. The molecule has 0 unspecified atom stereocenters. The number of likely N-dealkylation sites (tertiary alicyclic amines) is 1. The predicted octanol–water partition coefficient (Wildman–Crippen LogP) is 7.27. The fourth-order valence-corrected chi connectivity index (χ4v) is 10.0. The van der Waals surface area contributed by atoms with E-state index < -0.39 is 52.9 Å². The van der Waals surface area contributed by atoms with Crippen molar-refractivity contribution >= 4 is 39.7 Å². The van der Waals surface area contributed by atoms with E-state index in [0.717, 1.165) is 6.42 Å². The number of hydrogen-bond donors (Lipinski definition) is 1. The van der Waals surface area contributed by atoms with E-state index in [2.05, 4.69) is 25.2 Å². The molecule has 322 valence electrons. The van der Waals surface area contributed by atoms with Crippen molar-refractivity contribution in [2.75, 3.05) is 57.4 Å². The van der Waals surface area contributed by atoms with E-state index in [4.69, 9.17) is 19.5 Å². The molecule has 4 aromatic rings. The number of nitrogens with zero attached hydrogens (tertiary/aromatic N) is 7. The number of carbonyl (C=O) groups excluding carboxylic acids is 2. The zero-order valence-corrected chi connectivity index (χ0v) is 33.6. The monoisotopic (exact) mass is 848 g/mol. The Labute approximate surface area is 348 Å². The van der Waals surface area contributed by atoms with Crippen LogP contribution in [0.4, 0.5) is 37.4 Å². The number of hydrogen-bond acceptors (Lipinski definition) is 11. The van der Waals surface area contributed by atoms with Crippen molar-refractivity contribution in [1.29, 1.82) is 5.26 Å². The number of carbonyl (C=O) groups is 2. The summed E-state index contributed by atoms with van der Waals surface area (Å²) in [6.45, 7) is 2.46. The molecule has 6 aliphatic heterocycles. The number of amides is 2. The van der Waals surface area contributed by atoms with Gasteiger partial charge >= 0.3 is 18.2 Å². The Hall–Kier alpha value is -5.57. The Morgan fingerprint density at radius 2 is 1.87 bits per heavy atom. The summed E-state index contributed by atoms with van der Waals surface area (Å²) in [5.41, 5.74) is -3.75. The van der Waals surface area contributed by atoms with Gasteiger partial charge in [0.15, 0.2) is 5.82 Å². The molecule has 2 aromatic heterocycles. The van der Waals surface area contributed by atoms with Crippen molar-refractivity contribution in [2.45, 2.75) is 93.8 Å². The van der Waals surface area contributed by atoms with E-state index in [9.17, 15) is 14.0 Å². The number of aromatic nitrogens is 3. The second kappa shape index (κ2) is 15.7. The topological polar surface area (TPSA) is 146 Å². The van der Waals surface area contributed by atoms with E-state index in [1.165, 1.54) is 35.4 Å². The predicted molar refractivity (Wildman–Crippen MR) is 213 cm³/mol. The third-order valence-electron chi connectivity index (χ3n) is 12.9. The quantitative estimate of drug-likeness (QED) is 0.202. The van der Waals surface area contributed by atoms with Gasteiger partial charge in [-0.25, -0.2) is 31.5 Å². The molecule has 4 atom stereocenters. The summed E-state index contributed by atoms with van der Waals surface area (Å²) < 4.78 is 96.5. The van der Waals surface area contributed by atoms with Crippen molar-refractivity contribution in [3.8, 4) is 29.1 Å². The molecule has 0 aliphatic carbocycles. The number of fused-ring (bicyclic) bond motifs is 7. The molecule has 4 fully saturated rings. The van der Waals surface area contributed by atoms with Gasteiger partial charge in [-0.2, -0.15) is 15.2 Å². The maximum Gasteiger partial charge on any atom is 0.415 e. The van der Waals surface area contributed by atoms with Crippen LogP contribution in [0.1, 0.15) is 63.9 Å². The molecule has 6 bridgehead atoms. The van der Waals surface area contributed by atoms with Gasteiger partial charge in [0.1, 0.15) is 53.2 Å². The van der Waals surface area contributed by atoms with E-state index in [0.29, 0.717) is 18.4 Å². The standard InChI is InChI=1S/C43H45F5N8O5/c1-41-18-26(44)21-55(23-41)37-31-20-50-35(34(47)36(31)51-38(52-37)60-24-43-7-3-12-56(43)22-27(45)19-43)30-17-28(61-40(58)54-13-9-42(48,8-11-49)10-14-54)16-25-5-6-32(46)29(33(25)30)4-2-15-59-39(57)53-41/h5-6,16-17,20,26-27H,2-4,7-10,12-15,18-19,21-24H2,1H3,(H,53,57)/t26-,27-,41-,43+/m1/s1. The maximum absolute atomic E-state index is 17.6. The zero-order valence-electron chi connectivity index (χ0n) is 33.6. The molecule has 13 nitrogen and oxygen atoms in total. The van der Waals surface area contributed by atoms with E-state index in [1.807, 2.05) is 6.07 Å². The summed E-state index contributed by atoms with van der Waals surface area (Å²) in [6.07, 6.45) is -1.15. The molecule has 18 heteroatoms. The van der Waals surface area contributed by atoms with Crippen LogP contribution in [0, 0.1) is 23.0 Å². The highest BCUT2D eigenvalue weighted by Gasteiger charge is 2.49. The molecule has 2 amide bonds. The molecule has 8 heterocycles. The third-order valence-corrected chi connectivity index (χ3v) is 12.9. The van der Waals surface area contributed by atoms with E-state index >= 15 is 17.6 Å². The van der Waals surface area contributed by atoms with Gasteiger partial charge in [0.2, 0.25) is 0 Å². The van der Waals surface area contributed by atoms with Gasteiger partial charge in [0.05, 0.1) is 42.1 Å². The number of aryl methyl sites for hydroxylation is 1. The highest BCUT2D eigenvalue weighted by molar-refractivity contribution is 6.02. The van der Waals surface area contributed by atoms with Gasteiger partial charge in [0, 0.05) is 63.6 Å². The fraction of sp³-hybridized carbons (Fsp3) is 0.535. The first kappa shape index (κ1) is 40.8. The molecule has 10 rings (SSSR count). The molecular weight excluding hydrogens is 804 g/mol. The summed E-state index contributed by atoms with van der Waals surface area (Å²) in [6, 6.07) is 7.21. The van der Waals surface area contributed by atoms with Gasteiger partial charge < -0.3 is 29.3 Å². The smallest absolute Gasteiger partial charge is 0.415 e. The van der Waals surface area contributed by atoms with Crippen LogP contribution in [0.3, 0.4) is 0 Å². The van der Waals surface area contributed by atoms with Gasteiger partial charge in [-0.1, -0.05) is 6.07 Å². The average molecular weight is 849 g/mol. The number of rotatable bonds is 5. The Bertz CT molecular complexity index is 2450. The van der Waals surface area contributed by atoms with Crippen LogP contribution in [0.5, 0.6) is 11.8 Å². The number of halogens is 5. The van der Waals surface area contributed by atoms with Gasteiger partial charge in [-0.05, 0) is 73.7 Å². The van der Waals surface area contributed by atoms with Crippen LogP contribution in [0.2, 0.25) is 0 Å². The normalized spacial score (nSPS) is 26.5. The molecule has 4 saturated heterocycles. The molecule has 0 spiro atoms. The number of pyridine rings is 1. The zero-order chi connectivity index (χ0) is 42.7. The fourth-order valence-electron chi connectivity index (χ4n) is 10.0. The first-order valence-corrected chi connectivity index (χ1v) is 20.7. The largest absolute Gasteiger partial charge is 0.461 e. The van der Waals surface area contributed by atoms with Crippen molar-refractivity contribution in [1.82, 2.24) is 30.1 Å². The first-order chi connectivity index (χ1) is 29.2. The van der Waals surface area contributed by atoms with Crippen molar-refractivity contribution in [2.24, 2.45) is 0 Å². The number of alkyl halides is 3. The SMILES string of the molecule is C[C@@]12C[C@@H](F)CN(C1)c1nc(OC[C@@]34CCCN3C[C@H](F)C4)nc3c(F)c(ncc13)-c1cc(OC(=O)N3CCC(F)(CC#N)CC3)cc3ccc(F)c(c13)CCCOC(=O)N2. The van der Waals surface area contributed by atoms with Crippen LogP contribution in [0.15, 0.2) is 30.5 Å². The van der Waals surface area contributed by atoms with Crippen LogP contribution >= 0.6 is 0 Å². The lowest BCUT2D eigenvalue weighted by atomic mass is 9.90. The second-order valence-electron chi connectivity index (χ2n) is 17.4. The van der Waals surface area contributed by atoms with Crippen LogP contribution in [-0.4, -0.2) is 119 Å². The third kappa shape index (κ3) is 7.81. The molecule has 2 aromatic carbocycles. The summed E-state index contributed by atoms with van der Waals surface area (Å²) in [4.78, 5) is 45.4. The lowest BCUT2D eigenvalue weighted by Gasteiger charge is -2.42. The van der Waals surface area contributed by atoms with Crippen LogP contribution in [-0.2, 0) is 11.2 Å². The van der Waals surface area contributed by atoms with Gasteiger partial charge in [-0.15, -0.1) is 0 Å². The molecular formula is C43H45F5N8O5. The highest BCUT2D eigenvalue weighted by atomic mass is 19.2. The molecule has 1 N–H and O–H groups in total. The Balaban J connectivity index is 1.18. The average Bonchev–Trinajstić information content (AvgIpc) is 3.74. The second-order valence-corrected chi connectivity index (χ2v) is 17.4. The number of anilines is 1. The van der Waals surface area contributed by atoms with E-state index in [1.54, 1.807) is 11.8 Å². The summed E-state index contributed by atoms with van der Waals surface area (Å²) in [5.74, 6) is -1.49. The Morgan fingerprint density at radius 3 is 2.67 bits per heavy atom. The molecule has 0 saturated carbocycles. The first-order valence-electron chi connectivity index (χ1n) is 20.7. The van der Waals surface area contributed by atoms with E-state index in [-0.39, 0.29) is 142 Å². The van der Waals surface area contributed by atoms with Crippen LogP contribution < -0.4 is 19.7 Å². The molecule has 0 radical (unpaired) electrons. The minimum absolute atomic E-state index is 0.00698. The maximum atomic E-state index is 17.6. The molecule has 6 aliphatic rings. The minimum atomic E-state index is -1.71.